The third-order valence-corrected chi connectivity index (χ3v) is 7.00. The molecule has 1 aliphatic heterocycles. The number of piperidine rings is 1. The van der Waals surface area contributed by atoms with E-state index >= 15 is 0 Å². The van der Waals surface area contributed by atoms with E-state index < -0.39 is 0 Å². The van der Waals surface area contributed by atoms with E-state index in [1.165, 1.54) is 5.70 Å². The van der Waals surface area contributed by atoms with Crippen molar-refractivity contribution in [3.05, 3.63) is 47.7 Å². The van der Waals surface area contributed by atoms with Gasteiger partial charge in [-0.1, -0.05) is 53.8 Å². The number of fused-ring (bicyclic) bond motifs is 1. The molecule has 0 bridgehead atoms. The number of esters is 2. The topological polar surface area (TPSA) is 55.8 Å². The third kappa shape index (κ3) is 4.88. The minimum absolute atomic E-state index is 0.116. The van der Waals surface area contributed by atoms with Crippen molar-refractivity contribution in [1.82, 2.24) is 4.90 Å². The van der Waals surface area contributed by atoms with Gasteiger partial charge in [-0.05, 0) is 38.3 Å². The lowest BCUT2D eigenvalue weighted by atomic mass is 9.79. The third-order valence-electron chi connectivity index (χ3n) is 5.45. The summed E-state index contributed by atoms with van der Waals surface area (Å²) in [4.78, 5) is 27.2. The summed E-state index contributed by atoms with van der Waals surface area (Å²) in [6, 6.07) is 9.10. The summed E-state index contributed by atoms with van der Waals surface area (Å²) in [5.74, 6) is -0.309. The van der Waals surface area contributed by atoms with Gasteiger partial charge in [-0.3, -0.25) is 4.79 Å². The Bertz CT molecular complexity index is 721. The zero-order valence-electron chi connectivity index (χ0n) is 16.5. The van der Waals surface area contributed by atoms with Crippen LogP contribution in [0.1, 0.15) is 49.9 Å². The molecule has 2 aliphatic rings. The number of carbonyl (C=O) groups is 2. The number of ether oxygens (including phenoxy) is 2. The zero-order valence-corrected chi connectivity index (χ0v) is 18.6. The van der Waals surface area contributed by atoms with Crippen molar-refractivity contribution in [3.63, 3.8) is 0 Å². The first-order valence-corrected chi connectivity index (χ1v) is 11.3. The molecule has 1 heterocycles. The molecule has 3 rings (SSSR count). The zero-order chi connectivity index (χ0) is 20.1. The van der Waals surface area contributed by atoms with Crippen LogP contribution in [0.3, 0.4) is 0 Å². The van der Waals surface area contributed by atoms with Gasteiger partial charge in [-0.15, -0.1) is 0 Å². The number of likely N-dealkylation sites (tertiary alicyclic amines) is 1. The smallest absolute Gasteiger partial charge is 0.338 e. The summed E-state index contributed by atoms with van der Waals surface area (Å²) in [6.45, 7) is 5.11. The molecule has 0 radical (unpaired) electrons. The second-order valence-corrected chi connectivity index (χ2v) is 8.81. The lowest BCUT2D eigenvalue weighted by Gasteiger charge is -2.45. The molecule has 0 amide bonds. The Morgan fingerprint density at radius 3 is 2.64 bits per heavy atom. The lowest BCUT2D eigenvalue weighted by molar-refractivity contribution is -0.150. The van der Waals surface area contributed by atoms with Gasteiger partial charge in [0, 0.05) is 24.6 Å². The van der Waals surface area contributed by atoms with Crippen LogP contribution < -0.4 is 0 Å². The van der Waals surface area contributed by atoms with Crippen molar-refractivity contribution in [2.24, 2.45) is 11.8 Å². The van der Waals surface area contributed by atoms with Gasteiger partial charge in [0.2, 0.25) is 0 Å². The molecular formula is C22H28INO4. The van der Waals surface area contributed by atoms with E-state index in [0.717, 1.165) is 25.7 Å². The van der Waals surface area contributed by atoms with Gasteiger partial charge in [-0.2, -0.15) is 0 Å². The van der Waals surface area contributed by atoms with Crippen molar-refractivity contribution in [2.75, 3.05) is 13.2 Å². The number of carbonyl (C=O) groups excluding carboxylic acids is 2. The van der Waals surface area contributed by atoms with Gasteiger partial charge in [0.1, 0.15) is 6.10 Å². The summed E-state index contributed by atoms with van der Waals surface area (Å²) in [7, 11) is 0. The molecule has 5 nitrogen and oxygen atoms in total. The van der Waals surface area contributed by atoms with Gasteiger partial charge in [0.15, 0.2) is 0 Å². The highest BCUT2D eigenvalue weighted by Crippen LogP contribution is 2.41. The minimum Gasteiger partial charge on any atom is -0.466 e. The molecular weight excluding hydrogens is 469 g/mol. The van der Waals surface area contributed by atoms with Crippen LogP contribution in [-0.2, 0) is 14.3 Å². The summed E-state index contributed by atoms with van der Waals surface area (Å²) in [6.07, 6.45) is 5.29. The SMILES string of the molecule is CCOC(=O)C1CC2CC(OC(=O)c3ccccc3)CC=C2N(C(I)CC)C1. The molecule has 1 aromatic carbocycles. The molecule has 6 heteroatoms. The Balaban J connectivity index is 1.73. The molecule has 4 atom stereocenters. The highest BCUT2D eigenvalue weighted by molar-refractivity contribution is 14.1. The number of rotatable bonds is 6. The average Bonchev–Trinajstić information content (AvgIpc) is 2.73. The highest BCUT2D eigenvalue weighted by atomic mass is 127. The van der Waals surface area contributed by atoms with Crippen LogP contribution in [0.5, 0.6) is 0 Å². The predicted octanol–water partition coefficient (Wildman–Crippen LogP) is 4.56. The fourth-order valence-electron chi connectivity index (χ4n) is 4.10. The largest absolute Gasteiger partial charge is 0.466 e. The van der Waals surface area contributed by atoms with E-state index in [2.05, 4.69) is 40.5 Å². The van der Waals surface area contributed by atoms with E-state index in [1.54, 1.807) is 12.1 Å². The van der Waals surface area contributed by atoms with Gasteiger partial charge in [0.05, 0.1) is 22.1 Å². The standard InChI is InChI=1S/C22H28INO4/c1-3-20(23)24-14-17(21(25)27-4-2)12-16-13-18(10-11-19(16)24)28-22(26)15-8-6-5-7-9-15/h5-9,11,16-18,20H,3-4,10,12-14H2,1-2H3. The first-order valence-electron chi connectivity index (χ1n) is 10.1. The fourth-order valence-corrected chi connectivity index (χ4v) is 4.65. The first-order chi connectivity index (χ1) is 13.5. The molecule has 152 valence electrons. The van der Waals surface area contributed by atoms with Crippen molar-refractivity contribution in [3.8, 4) is 0 Å². The van der Waals surface area contributed by atoms with Crippen LogP contribution in [0, 0.1) is 11.8 Å². The second kappa shape index (κ2) is 9.76. The summed E-state index contributed by atoms with van der Waals surface area (Å²) >= 11 is 2.45. The Morgan fingerprint density at radius 2 is 1.96 bits per heavy atom. The van der Waals surface area contributed by atoms with Gasteiger partial charge in [-0.25, -0.2) is 4.79 Å². The second-order valence-electron chi connectivity index (χ2n) is 7.37. The Hall–Kier alpha value is -1.57. The number of hydrogen-bond acceptors (Lipinski definition) is 5. The molecule has 0 N–H and O–H groups in total. The molecule has 1 aliphatic carbocycles. The highest BCUT2D eigenvalue weighted by Gasteiger charge is 2.40. The number of hydrogen-bond donors (Lipinski definition) is 0. The summed E-state index contributed by atoms with van der Waals surface area (Å²) < 4.78 is 11.4. The quantitative estimate of drug-likeness (QED) is 0.250. The van der Waals surface area contributed by atoms with Gasteiger partial charge in [0.25, 0.3) is 0 Å². The van der Waals surface area contributed by atoms with Crippen LogP contribution in [0.25, 0.3) is 0 Å². The van der Waals surface area contributed by atoms with E-state index in [9.17, 15) is 9.59 Å². The molecule has 4 unspecified atom stereocenters. The van der Waals surface area contributed by atoms with Crippen molar-refractivity contribution < 1.29 is 19.1 Å². The number of nitrogens with zero attached hydrogens (tertiary/aromatic N) is 1. The van der Waals surface area contributed by atoms with Crippen LogP contribution in [0.2, 0.25) is 0 Å². The number of benzene rings is 1. The summed E-state index contributed by atoms with van der Waals surface area (Å²) in [5.41, 5.74) is 1.87. The van der Waals surface area contributed by atoms with Crippen LogP contribution in [0.15, 0.2) is 42.1 Å². The normalized spacial score (nSPS) is 25.3. The maximum Gasteiger partial charge on any atom is 0.338 e. The van der Waals surface area contributed by atoms with Crippen molar-refractivity contribution in [2.45, 2.75) is 49.7 Å². The number of halogens is 1. The van der Waals surface area contributed by atoms with Gasteiger partial charge < -0.3 is 14.4 Å². The molecule has 1 fully saturated rings. The van der Waals surface area contributed by atoms with Crippen LogP contribution >= 0.6 is 22.6 Å². The van der Waals surface area contributed by atoms with E-state index in [0.29, 0.717) is 22.8 Å². The monoisotopic (exact) mass is 497 g/mol. The van der Waals surface area contributed by atoms with Crippen LogP contribution in [-0.4, -0.2) is 40.1 Å². The predicted molar refractivity (Wildman–Crippen MR) is 116 cm³/mol. The Labute approximate surface area is 180 Å². The average molecular weight is 497 g/mol. The minimum atomic E-state index is -0.280. The number of allylic oxidation sites excluding steroid dienone is 1. The molecule has 0 aromatic heterocycles. The summed E-state index contributed by atoms with van der Waals surface area (Å²) in [5, 5.41) is 0. The van der Waals surface area contributed by atoms with E-state index in [4.69, 9.17) is 9.47 Å². The maximum absolute atomic E-state index is 12.4. The fraction of sp³-hybridized carbons (Fsp3) is 0.545. The lowest BCUT2D eigenvalue weighted by Crippen LogP contribution is -2.47. The van der Waals surface area contributed by atoms with E-state index in [1.807, 2.05) is 25.1 Å². The molecule has 1 saturated heterocycles. The Kier molecular flexibility index (Phi) is 7.37. The molecule has 0 spiro atoms. The molecule has 0 saturated carbocycles. The van der Waals surface area contributed by atoms with Crippen molar-refractivity contribution >= 4 is 34.5 Å². The van der Waals surface area contributed by atoms with Gasteiger partial charge >= 0.3 is 11.9 Å². The number of alkyl halides is 1. The van der Waals surface area contributed by atoms with Crippen molar-refractivity contribution in [1.29, 1.82) is 0 Å². The molecule has 28 heavy (non-hydrogen) atoms. The Morgan fingerprint density at radius 1 is 1.21 bits per heavy atom. The maximum atomic E-state index is 12.4. The first kappa shape index (κ1) is 21.1. The molecule has 1 aromatic rings. The van der Waals surface area contributed by atoms with E-state index in [-0.39, 0.29) is 29.9 Å². The van der Waals surface area contributed by atoms with Crippen LogP contribution in [0.4, 0.5) is 0 Å².